The lowest BCUT2D eigenvalue weighted by Crippen LogP contribution is -2.61. The Morgan fingerprint density at radius 3 is 2.85 bits per heavy atom. The zero-order valence-electron chi connectivity index (χ0n) is 8.10. The van der Waals surface area contributed by atoms with E-state index in [4.69, 9.17) is 4.74 Å². The minimum absolute atomic E-state index is 0.187. The third-order valence-electron chi connectivity index (χ3n) is 3.39. The maximum absolute atomic E-state index is 12.1. The van der Waals surface area contributed by atoms with Crippen LogP contribution in [0.3, 0.4) is 0 Å². The molecule has 3 heteroatoms. The number of hydrogen-bond acceptors (Lipinski definition) is 2. The van der Waals surface area contributed by atoms with E-state index < -0.39 is 0 Å². The molecule has 0 amide bonds. The molecule has 0 aromatic carbocycles. The summed E-state index contributed by atoms with van der Waals surface area (Å²) >= 11 is 0. The van der Waals surface area contributed by atoms with E-state index in [-0.39, 0.29) is 6.67 Å². The molecule has 2 nitrogen and oxygen atoms in total. The molecule has 13 heavy (non-hydrogen) atoms. The Bertz CT molecular complexity index is 170. The Morgan fingerprint density at radius 1 is 1.38 bits per heavy atom. The third-order valence-corrected chi connectivity index (χ3v) is 3.39. The molecule has 0 aromatic rings. The van der Waals surface area contributed by atoms with Crippen molar-refractivity contribution in [1.29, 1.82) is 0 Å². The SMILES string of the molecule is FCCCN1CCOCC12CCC2. The smallest absolute Gasteiger partial charge is 0.0906 e. The molecule has 1 aliphatic carbocycles. The van der Waals surface area contributed by atoms with Crippen LogP contribution in [-0.2, 0) is 4.74 Å². The van der Waals surface area contributed by atoms with E-state index in [9.17, 15) is 4.39 Å². The normalized spacial score (nSPS) is 27.5. The van der Waals surface area contributed by atoms with Gasteiger partial charge in [-0.2, -0.15) is 0 Å². The van der Waals surface area contributed by atoms with E-state index >= 15 is 0 Å². The highest BCUT2D eigenvalue weighted by atomic mass is 19.1. The van der Waals surface area contributed by atoms with Crippen LogP contribution in [0.1, 0.15) is 25.7 Å². The largest absolute Gasteiger partial charge is 0.378 e. The van der Waals surface area contributed by atoms with E-state index in [1.165, 1.54) is 19.3 Å². The van der Waals surface area contributed by atoms with Gasteiger partial charge in [-0.25, -0.2) is 0 Å². The number of morpholine rings is 1. The van der Waals surface area contributed by atoms with Crippen molar-refractivity contribution in [3.05, 3.63) is 0 Å². The summed E-state index contributed by atoms with van der Waals surface area (Å²) in [4.78, 5) is 2.44. The van der Waals surface area contributed by atoms with Gasteiger partial charge < -0.3 is 4.74 Å². The maximum atomic E-state index is 12.1. The summed E-state index contributed by atoms with van der Waals surface area (Å²) in [6.45, 7) is 3.43. The van der Waals surface area contributed by atoms with Crippen molar-refractivity contribution in [1.82, 2.24) is 4.90 Å². The highest BCUT2D eigenvalue weighted by Gasteiger charge is 2.44. The van der Waals surface area contributed by atoms with Crippen molar-refractivity contribution >= 4 is 0 Å². The predicted molar refractivity (Wildman–Crippen MR) is 49.6 cm³/mol. The zero-order valence-corrected chi connectivity index (χ0v) is 8.10. The monoisotopic (exact) mass is 187 g/mol. The Balaban J connectivity index is 1.89. The van der Waals surface area contributed by atoms with Gasteiger partial charge in [0.1, 0.15) is 0 Å². The average molecular weight is 187 g/mol. The first-order valence-electron chi connectivity index (χ1n) is 5.26. The van der Waals surface area contributed by atoms with Crippen LogP contribution in [0.5, 0.6) is 0 Å². The fourth-order valence-corrected chi connectivity index (χ4v) is 2.41. The van der Waals surface area contributed by atoms with Gasteiger partial charge in [-0.15, -0.1) is 0 Å². The molecule has 0 radical (unpaired) electrons. The van der Waals surface area contributed by atoms with E-state index in [0.717, 1.165) is 26.3 Å². The topological polar surface area (TPSA) is 12.5 Å². The second kappa shape index (κ2) is 3.93. The summed E-state index contributed by atoms with van der Waals surface area (Å²) in [7, 11) is 0. The van der Waals surface area contributed by atoms with Crippen LogP contribution in [-0.4, -0.2) is 43.4 Å². The van der Waals surface area contributed by atoms with Crippen molar-refractivity contribution in [2.45, 2.75) is 31.2 Å². The van der Waals surface area contributed by atoms with Crippen LogP contribution in [0, 0.1) is 0 Å². The fraction of sp³-hybridized carbons (Fsp3) is 1.00. The van der Waals surface area contributed by atoms with Gasteiger partial charge in [-0.05, 0) is 25.7 Å². The van der Waals surface area contributed by atoms with Gasteiger partial charge in [0.25, 0.3) is 0 Å². The summed E-state index contributed by atoms with van der Waals surface area (Å²) in [6, 6.07) is 0. The third kappa shape index (κ3) is 1.72. The van der Waals surface area contributed by atoms with Gasteiger partial charge in [-0.1, -0.05) is 0 Å². The van der Waals surface area contributed by atoms with E-state index in [1.807, 2.05) is 0 Å². The first-order chi connectivity index (χ1) is 6.37. The molecule has 76 valence electrons. The molecule has 2 aliphatic rings. The molecule has 1 aliphatic heterocycles. The highest BCUT2D eigenvalue weighted by Crippen LogP contribution is 2.39. The van der Waals surface area contributed by atoms with Crippen LogP contribution in [0.4, 0.5) is 4.39 Å². The van der Waals surface area contributed by atoms with Gasteiger partial charge in [0.05, 0.1) is 19.9 Å². The summed E-state index contributed by atoms with van der Waals surface area (Å²) in [5.41, 5.74) is 0.313. The van der Waals surface area contributed by atoms with Crippen LogP contribution < -0.4 is 0 Å². The number of hydrogen-bond donors (Lipinski definition) is 0. The van der Waals surface area contributed by atoms with Gasteiger partial charge in [0, 0.05) is 18.6 Å². The highest BCUT2D eigenvalue weighted by molar-refractivity contribution is 4.99. The molecular formula is C10H18FNO. The quantitative estimate of drug-likeness (QED) is 0.665. The van der Waals surface area contributed by atoms with Crippen molar-refractivity contribution in [3.8, 4) is 0 Å². The fourth-order valence-electron chi connectivity index (χ4n) is 2.41. The Labute approximate surface area is 79.1 Å². The van der Waals surface area contributed by atoms with Gasteiger partial charge in [0.2, 0.25) is 0 Å². The maximum Gasteiger partial charge on any atom is 0.0906 e. The standard InChI is InChI=1S/C10H18FNO/c11-5-2-6-12-7-8-13-9-10(12)3-1-4-10/h1-9H2. The summed E-state index contributed by atoms with van der Waals surface area (Å²) in [5, 5.41) is 0. The molecule has 1 spiro atoms. The first kappa shape index (κ1) is 9.41. The lowest BCUT2D eigenvalue weighted by molar-refractivity contribution is -0.107. The van der Waals surface area contributed by atoms with Gasteiger partial charge in [0.15, 0.2) is 0 Å². The second-order valence-electron chi connectivity index (χ2n) is 4.16. The molecule has 0 unspecified atom stereocenters. The first-order valence-corrected chi connectivity index (χ1v) is 5.26. The van der Waals surface area contributed by atoms with Crippen molar-refractivity contribution in [3.63, 3.8) is 0 Å². The molecule has 0 N–H and O–H groups in total. The van der Waals surface area contributed by atoms with E-state index in [0.29, 0.717) is 12.0 Å². The van der Waals surface area contributed by atoms with Crippen molar-refractivity contribution in [2.24, 2.45) is 0 Å². The van der Waals surface area contributed by atoms with Gasteiger partial charge in [-0.3, -0.25) is 9.29 Å². The molecule has 0 atom stereocenters. The number of rotatable bonds is 3. The van der Waals surface area contributed by atoms with E-state index in [2.05, 4.69) is 4.90 Å². The van der Waals surface area contributed by atoms with Crippen molar-refractivity contribution < 1.29 is 9.13 Å². The van der Waals surface area contributed by atoms with Crippen LogP contribution in [0.25, 0.3) is 0 Å². The van der Waals surface area contributed by atoms with E-state index in [1.54, 1.807) is 0 Å². The minimum atomic E-state index is -0.187. The lowest BCUT2D eigenvalue weighted by Gasteiger charge is -2.52. The van der Waals surface area contributed by atoms with Gasteiger partial charge >= 0.3 is 0 Å². The molecule has 0 aromatic heterocycles. The molecule has 2 rings (SSSR count). The molecular weight excluding hydrogens is 169 g/mol. The molecule has 1 heterocycles. The summed E-state index contributed by atoms with van der Waals surface area (Å²) < 4.78 is 17.6. The molecule has 2 fully saturated rings. The Hall–Kier alpha value is -0.150. The van der Waals surface area contributed by atoms with Crippen molar-refractivity contribution in [2.75, 3.05) is 33.0 Å². The number of alkyl halides is 1. The number of nitrogens with zero attached hydrogens (tertiary/aromatic N) is 1. The zero-order chi connectivity index (χ0) is 9.15. The average Bonchev–Trinajstić information content (AvgIpc) is 2.12. The summed E-state index contributed by atoms with van der Waals surface area (Å²) in [5.74, 6) is 0. The Morgan fingerprint density at radius 2 is 2.23 bits per heavy atom. The number of ether oxygens (including phenoxy) is 1. The molecule has 0 bridgehead atoms. The minimum Gasteiger partial charge on any atom is -0.378 e. The van der Waals surface area contributed by atoms with Crippen LogP contribution >= 0.6 is 0 Å². The molecule has 1 saturated carbocycles. The second-order valence-corrected chi connectivity index (χ2v) is 4.16. The molecule has 1 saturated heterocycles. The predicted octanol–water partition coefficient (Wildman–Crippen LogP) is 1.60. The lowest BCUT2D eigenvalue weighted by atomic mass is 9.75. The summed E-state index contributed by atoms with van der Waals surface area (Å²) in [6.07, 6.45) is 4.50. The number of halogens is 1. The van der Waals surface area contributed by atoms with Crippen LogP contribution in [0.2, 0.25) is 0 Å². The van der Waals surface area contributed by atoms with Crippen LogP contribution in [0.15, 0.2) is 0 Å². The Kier molecular flexibility index (Phi) is 2.84.